The lowest BCUT2D eigenvalue weighted by Crippen LogP contribution is -2.27. The summed E-state index contributed by atoms with van der Waals surface area (Å²) in [6.07, 6.45) is 1.68. The minimum Gasteiger partial charge on any atom is -0.482 e. The van der Waals surface area contributed by atoms with Crippen LogP contribution in [0.2, 0.25) is 0 Å². The Morgan fingerprint density at radius 2 is 1.74 bits per heavy atom. The smallest absolute Gasteiger partial charge is 0.343 e. The molecule has 1 heterocycles. The van der Waals surface area contributed by atoms with Gasteiger partial charge in [0, 0.05) is 0 Å². The summed E-state index contributed by atoms with van der Waals surface area (Å²) in [6, 6.07) is 20.7. The zero-order chi connectivity index (χ0) is 21.8. The molecular weight excluding hydrogens is 414 g/mol. The lowest BCUT2D eigenvalue weighted by Gasteiger charge is -2.14. The molecule has 0 unspecified atom stereocenters. The molecule has 31 heavy (non-hydrogen) atoms. The van der Waals surface area contributed by atoms with Crippen LogP contribution in [0.4, 0.5) is 4.79 Å². The Hall–Kier alpha value is -3.58. The molecule has 0 aliphatic carbocycles. The van der Waals surface area contributed by atoms with Crippen LogP contribution >= 0.6 is 11.8 Å². The van der Waals surface area contributed by atoms with Crippen LogP contribution in [0.5, 0.6) is 5.75 Å². The topological polar surface area (TPSA) is 72.9 Å². The van der Waals surface area contributed by atoms with Crippen molar-refractivity contribution in [2.24, 2.45) is 0 Å². The fourth-order valence-electron chi connectivity index (χ4n) is 3.25. The molecule has 0 bridgehead atoms. The second-order valence-corrected chi connectivity index (χ2v) is 7.83. The number of hydrogen-bond donors (Lipinski definition) is 0. The first-order chi connectivity index (χ1) is 15.0. The highest BCUT2D eigenvalue weighted by atomic mass is 32.2. The van der Waals surface area contributed by atoms with Gasteiger partial charge in [0.25, 0.3) is 11.1 Å². The third kappa shape index (κ3) is 4.62. The van der Waals surface area contributed by atoms with E-state index in [0.29, 0.717) is 10.7 Å². The first-order valence-corrected chi connectivity index (χ1v) is 10.4. The number of amides is 2. The van der Waals surface area contributed by atoms with E-state index in [1.54, 1.807) is 30.3 Å². The molecule has 1 aliphatic rings. The predicted octanol–water partition coefficient (Wildman–Crippen LogP) is 4.63. The number of ether oxygens (including phenoxy) is 2. The van der Waals surface area contributed by atoms with Gasteiger partial charge >= 0.3 is 5.97 Å². The Bertz CT molecular complexity index is 1180. The van der Waals surface area contributed by atoms with Crippen molar-refractivity contribution in [2.45, 2.75) is 6.54 Å². The van der Waals surface area contributed by atoms with Crippen molar-refractivity contribution in [1.29, 1.82) is 0 Å². The molecule has 2 amide bonds. The SMILES string of the molecule is COC(=O)COc1ccc(/C=C2/SC(=O)N(Cc3cccc4ccccc34)C2=O)cc1. The van der Waals surface area contributed by atoms with E-state index in [0.717, 1.165) is 33.7 Å². The number of hydrogen-bond acceptors (Lipinski definition) is 6. The van der Waals surface area contributed by atoms with E-state index in [9.17, 15) is 14.4 Å². The molecule has 7 heteroatoms. The minimum atomic E-state index is -0.469. The number of carbonyl (C=O) groups is 3. The Labute approximate surface area is 183 Å². The number of thioether (sulfide) groups is 1. The van der Waals surface area contributed by atoms with Crippen LogP contribution in [-0.4, -0.2) is 35.7 Å². The quantitative estimate of drug-likeness (QED) is 0.417. The zero-order valence-corrected chi connectivity index (χ0v) is 17.6. The van der Waals surface area contributed by atoms with Gasteiger partial charge in [0.2, 0.25) is 0 Å². The summed E-state index contributed by atoms with van der Waals surface area (Å²) < 4.78 is 9.84. The molecule has 0 aromatic heterocycles. The minimum absolute atomic E-state index is 0.178. The van der Waals surface area contributed by atoms with E-state index in [2.05, 4.69) is 4.74 Å². The van der Waals surface area contributed by atoms with Crippen LogP contribution in [-0.2, 0) is 20.9 Å². The van der Waals surface area contributed by atoms with E-state index >= 15 is 0 Å². The highest BCUT2D eigenvalue weighted by Crippen LogP contribution is 2.34. The summed E-state index contributed by atoms with van der Waals surface area (Å²) in [5.74, 6) is -0.274. The van der Waals surface area contributed by atoms with Gasteiger partial charge in [-0.25, -0.2) is 4.79 Å². The van der Waals surface area contributed by atoms with Crippen LogP contribution in [0.1, 0.15) is 11.1 Å². The number of imide groups is 1. The molecule has 1 saturated heterocycles. The van der Waals surface area contributed by atoms with Crippen LogP contribution in [0, 0.1) is 0 Å². The van der Waals surface area contributed by atoms with Crippen LogP contribution in [0.3, 0.4) is 0 Å². The Balaban J connectivity index is 1.49. The predicted molar refractivity (Wildman–Crippen MR) is 119 cm³/mol. The number of rotatable bonds is 6. The molecule has 1 aliphatic heterocycles. The van der Waals surface area contributed by atoms with Crippen molar-refractivity contribution in [3.05, 3.63) is 82.8 Å². The van der Waals surface area contributed by atoms with Crippen LogP contribution in [0.15, 0.2) is 71.6 Å². The lowest BCUT2D eigenvalue weighted by molar-refractivity contribution is -0.142. The van der Waals surface area contributed by atoms with Gasteiger partial charge in [-0.2, -0.15) is 0 Å². The highest BCUT2D eigenvalue weighted by molar-refractivity contribution is 8.18. The van der Waals surface area contributed by atoms with Crippen molar-refractivity contribution < 1.29 is 23.9 Å². The third-order valence-corrected chi connectivity index (χ3v) is 5.75. The average Bonchev–Trinajstić information content (AvgIpc) is 3.06. The largest absolute Gasteiger partial charge is 0.482 e. The summed E-state index contributed by atoms with van der Waals surface area (Å²) in [6.45, 7) is 0.0482. The second kappa shape index (κ2) is 9.06. The summed E-state index contributed by atoms with van der Waals surface area (Å²) in [7, 11) is 1.29. The maximum atomic E-state index is 12.9. The summed E-state index contributed by atoms with van der Waals surface area (Å²) >= 11 is 0.929. The molecule has 3 aromatic rings. The Morgan fingerprint density at radius 3 is 2.52 bits per heavy atom. The summed E-state index contributed by atoms with van der Waals surface area (Å²) in [4.78, 5) is 38.2. The van der Waals surface area contributed by atoms with Crippen molar-refractivity contribution in [2.75, 3.05) is 13.7 Å². The maximum Gasteiger partial charge on any atom is 0.343 e. The van der Waals surface area contributed by atoms with Gasteiger partial charge in [-0.15, -0.1) is 0 Å². The Kier molecular flexibility index (Phi) is 6.04. The van der Waals surface area contributed by atoms with Crippen molar-refractivity contribution >= 4 is 45.7 Å². The highest BCUT2D eigenvalue weighted by Gasteiger charge is 2.35. The molecular formula is C24H19NO5S. The van der Waals surface area contributed by atoms with E-state index in [1.165, 1.54) is 12.0 Å². The number of benzene rings is 3. The number of esters is 1. The molecule has 1 fully saturated rings. The average molecular weight is 433 g/mol. The van der Waals surface area contributed by atoms with Crippen LogP contribution in [0.25, 0.3) is 16.8 Å². The number of nitrogens with zero attached hydrogens (tertiary/aromatic N) is 1. The molecule has 156 valence electrons. The zero-order valence-electron chi connectivity index (χ0n) is 16.7. The molecule has 0 radical (unpaired) electrons. The second-order valence-electron chi connectivity index (χ2n) is 6.84. The maximum absolute atomic E-state index is 12.9. The molecule has 6 nitrogen and oxygen atoms in total. The number of fused-ring (bicyclic) bond motifs is 1. The molecule has 3 aromatic carbocycles. The van der Waals surface area contributed by atoms with Gasteiger partial charge in [0.1, 0.15) is 5.75 Å². The van der Waals surface area contributed by atoms with Gasteiger partial charge in [-0.3, -0.25) is 14.5 Å². The monoisotopic (exact) mass is 433 g/mol. The van der Waals surface area contributed by atoms with Crippen LogP contribution < -0.4 is 4.74 Å². The molecule has 0 spiro atoms. The number of carbonyl (C=O) groups excluding carboxylic acids is 3. The first-order valence-electron chi connectivity index (χ1n) is 9.57. The fourth-order valence-corrected chi connectivity index (χ4v) is 4.09. The number of methoxy groups -OCH3 is 1. The van der Waals surface area contributed by atoms with E-state index in [1.807, 2.05) is 42.5 Å². The third-order valence-electron chi connectivity index (χ3n) is 4.84. The van der Waals surface area contributed by atoms with E-state index in [-0.39, 0.29) is 24.3 Å². The van der Waals surface area contributed by atoms with Gasteiger partial charge in [0.15, 0.2) is 6.61 Å². The molecule has 4 rings (SSSR count). The van der Waals surface area contributed by atoms with Crippen molar-refractivity contribution in [1.82, 2.24) is 4.90 Å². The standard InChI is InChI=1S/C24H19NO5S/c1-29-22(26)15-30-19-11-9-16(10-12-19)13-21-23(27)25(24(28)31-21)14-18-7-4-6-17-5-2-3-8-20(17)18/h2-13H,14-15H2,1H3/b21-13+. The lowest BCUT2D eigenvalue weighted by atomic mass is 10.0. The van der Waals surface area contributed by atoms with Gasteiger partial charge in [-0.05, 0) is 51.9 Å². The summed E-state index contributed by atoms with van der Waals surface area (Å²) in [5.41, 5.74) is 1.68. The molecule has 0 saturated carbocycles. The van der Waals surface area contributed by atoms with Gasteiger partial charge in [-0.1, -0.05) is 54.6 Å². The normalized spacial score (nSPS) is 15.0. The molecule has 0 atom stereocenters. The Morgan fingerprint density at radius 1 is 1.00 bits per heavy atom. The van der Waals surface area contributed by atoms with Crippen molar-refractivity contribution in [3.8, 4) is 5.75 Å². The van der Waals surface area contributed by atoms with Crippen molar-refractivity contribution in [3.63, 3.8) is 0 Å². The summed E-state index contributed by atoms with van der Waals surface area (Å²) in [5, 5.41) is 1.80. The van der Waals surface area contributed by atoms with Gasteiger partial charge < -0.3 is 9.47 Å². The first kappa shape index (κ1) is 20.7. The van der Waals surface area contributed by atoms with E-state index in [4.69, 9.17) is 4.74 Å². The van der Waals surface area contributed by atoms with Gasteiger partial charge in [0.05, 0.1) is 18.6 Å². The van der Waals surface area contributed by atoms with E-state index < -0.39 is 5.97 Å². The fraction of sp³-hybridized carbons (Fsp3) is 0.125. The molecule has 0 N–H and O–H groups in total.